The van der Waals surface area contributed by atoms with Crippen molar-refractivity contribution in [1.29, 1.82) is 0 Å². The average Bonchev–Trinajstić information content (AvgIpc) is 3.64. The molecule has 1 aliphatic rings. The van der Waals surface area contributed by atoms with Gasteiger partial charge in [-0.05, 0) is 60.9 Å². The van der Waals surface area contributed by atoms with Gasteiger partial charge in [-0.1, -0.05) is 23.7 Å². The van der Waals surface area contributed by atoms with Gasteiger partial charge in [-0.15, -0.1) is 0 Å². The quantitative estimate of drug-likeness (QED) is 0.360. The molecule has 0 bridgehead atoms. The Labute approximate surface area is 203 Å². The van der Waals surface area contributed by atoms with Gasteiger partial charge in [0.25, 0.3) is 0 Å². The van der Waals surface area contributed by atoms with Gasteiger partial charge in [-0.3, -0.25) is 9.59 Å². The summed E-state index contributed by atoms with van der Waals surface area (Å²) in [5.74, 6) is 0.709. The fourth-order valence-electron chi connectivity index (χ4n) is 3.11. The molecule has 4 rings (SSSR count). The van der Waals surface area contributed by atoms with Crippen LogP contribution in [0.4, 0.5) is 24.7 Å². The van der Waals surface area contributed by atoms with Crippen LogP contribution in [-0.2, 0) is 15.8 Å². The van der Waals surface area contributed by atoms with Crippen molar-refractivity contribution in [3.8, 4) is 11.5 Å². The van der Waals surface area contributed by atoms with E-state index in [-0.39, 0.29) is 17.5 Å². The summed E-state index contributed by atoms with van der Waals surface area (Å²) in [6.07, 6.45) is 1.35. The number of amides is 2. The van der Waals surface area contributed by atoms with Crippen molar-refractivity contribution in [2.75, 3.05) is 10.6 Å². The van der Waals surface area contributed by atoms with E-state index < -0.39 is 22.7 Å². The Morgan fingerprint density at radius 2 is 1.80 bits per heavy atom. The van der Waals surface area contributed by atoms with E-state index in [0.29, 0.717) is 22.9 Å². The third-order valence-corrected chi connectivity index (χ3v) is 5.32. The first-order valence-electron chi connectivity index (χ1n) is 10.6. The maximum atomic E-state index is 13.0. The Morgan fingerprint density at radius 1 is 1.03 bits per heavy atom. The van der Waals surface area contributed by atoms with Crippen molar-refractivity contribution >= 4 is 41.0 Å². The lowest BCUT2D eigenvalue weighted by Gasteiger charge is -2.11. The van der Waals surface area contributed by atoms with Gasteiger partial charge >= 0.3 is 6.18 Å². The standard InChI is InChI=1S/C25H19ClF3N3O3/c26-21-8-7-17(13-20(21)25(27,28)29)31-23(33)9-4-15-2-1-3-18(12-15)35-19-10-11-30-22(14-19)32-24(34)16-5-6-16/h1-4,7-14,16H,5-6H2,(H,31,33)(H,30,32,34). The Hall–Kier alpha value is -3.85. The normalized spacial score (nSPS) is 13.5. The molecule has 1 aromatic heterocycles. The zero-order valence-corrected chi connectivity index (χ0v) is 18.9. The van der Waals surface area contributed by atoms with Gasteiger partial charge in [0, 0.05) is 29.9 Å². The summed E-state index contributed by atoms with van der Waals surface area (Å²) >= 11 is 5.60. The second kappa shape index (κ2) is 10.2. The van der Waals surface area contributed by atoms with Crippen LogP contribution in [0.25, 0.3) is 6.08 Å². The Morgan fingerprint density at radius 3 is 2.54 bits per heavy atom. The van der Waals surface area contributed by atoms with Gasteiger partial charge in [0.15, 0.2) is 0 Å². The number of aromatic nitrogens is 1. The van der Waals surface area contributed by atoms with E-state index in [4.69, 9.17) is 16.3 Å². The Balaban J connectivity index is 1.39. The monoisotopic (exact) mass is 501 g/mol. The topological polar surface area (TPSA) is 80.3 Å². The fraction of sp³-hybridized carbons (Fsp3) is 0.160. The number of halogens is 4. The van der Waals surface area contributed by atoms with Crippen molar-refractivity contribution in [3.05, 3.63) is 83.0 Å². The van der Waals surface area contributed by atoms with E-state index in [1.165, 1.54) is 24.4 Å². The molecule has 6 nitrogen and oxygen atoms in total. The summed E-state index contributed by atoms with van der Waals surface area (Å²) in [5.41, 5.74) is -0.436. The molecule has 2 aromatic carbocycles. The van der Waals surface area contributed by atoms with Crippen LogP contribution in [0.15, 0.2) is 66.9 Å². The van der Waals surface area contributed by atoms with Crippen molar-refractivity contribution in [2.24, 2.45) is 5.92 Å². The molecule has 0 saturated heterocycles. The van der Waals surface area contributed by atoms with E-state index >= 15 is 0 Å². The first kappa shape index (κ1) is 24.3. The largest absolute Gasteiger partial charge is 0.457 e. The van der Waals surface area contributed by atoms with Crippen LogP contribution in [-0.4, -0.2) is 16.8 Å². The third-order valence-electron chi connectivity index (χ3n) is 4.99. The number of hydrogen-bond donors (Lipinski definition) is 2. The van der Waals surface area contributed by atoms with Gasteiger partial charge in [-0.25, -0.2) is 4.98 Å². The molecule has 0 radical (unpaired) electrons. The summed E-state index contributed by atoms with van der Waals surface area (Å²) in [4.78, 5) is 28.2. The minimum atomic E-state index is -4.63. The summed E-state index contributed by atoms with van der Waals surface area (Å²) in [7, 11) is 0. The van der Waals surface area contributed by atoms with Gasteiger partial charge in [0.1, 0.15) is 17.3 Å². The van der Waals surface area contributed by atoms with Crippen LogP contribution in [0.1, 0.15) is 24.0 Å². The van der Waals surface area contributed by atoms with Gasteiger partial charge < -0.3 is 15.4 Å². The summed E-state index contributed by atoms with van der Waals surface area (Å²) in [5, 5.41) is 4.69. The highest BCUT2D eigenvalue weighted by Gasteiger charge is 2.33. The summed E-state index contributed by atoms with van der Waals surface area (Å²) in [6.45, 7) is 0. The number of nitrogens with one attached hydrogen (secondary N) is 2. The van der Waals surface area contributed by atoms with Crippen molar-refractivity contribution in [1.82, 2.24) is 4.98 Å². The zero-order chi connectivity index (χ0) is 25.0. The molecule has 180 valence electrons. The molecule has 35 heavy (non-hydrogen) atoms. The number of carbonyl (C=O) groups is 2. The van der Waals surface area contributed by atoms with Crippen LogP contribution in [0.3, 0.4) is 0 Å². The highest BCUT2D eigenvalue weighted by molar-refractivity contribution is 6.31. The maximum absolute atomic E-state index is 13.0. The molecule has 1 heterocycles. The number of ether oxygens (including phenoxy) is 1. The van der Waals surface area contributed by atoms with Crippen molar-refractivity contribution in [3.63, 3.8) is 0 Å². The molecular weight excluding hydrogens is 483 g/mol. The molecule has 0 spiro atoms. The van der Waals surface area contributed by atoms with Crippen molar-refractivity contribution < 1.29 is 27.5 Å². The summed E-state index contributed by atoms with van der Waals surface area (Å²) < 4.78 is 44.8. The number of nitrogens with zero attached hydrogens (tertiary/aromatic N) is 1. The predicted octanol–water partition coefficient (Wildman–Crippen LogP) is 6.55. The number of hydrogen-bond acceptors (Lipinski definition) is 4. The molecule has 10 heteroatoms. The first-order valence-corrected chi connectivity index (χ1v) is 11.0. The minimum Gasteiger partial charge on any atom is -0.457 e. The Kier molecular flexibility index (Phi) is 7.07. The highest BCUT2D eigenvalue weighted by atomic mass is 35.5. The second-order valence-electron chi connectivity index (χ2n) is 7.83. The Bertz CT molecular complexity index is 1290. The zero-order valence-electron chi connectivity index (χ0n) is 18.1. The van der Waals surface area contributed by atoms with Gasteiger partial charge in [0.2, 0.25) is 11.8 Å². The lowest BCUT2D eigenvalue weighted by atomic mass is 10.2. The maximum Gasteiger partial charge on any atom is 0.417 e. The van der Waals surface area contributed by atoms with Crippen LogP contribution in [0.2, 0.25) is 5.02 Å². The van der Waals surface area contributed by atoms with Gasteiger partial charge in [-0.2, -0.15) is 13.2 Å². The molecule has 2 N–H and O–H groups in total. The average molecular weight is 502 g/mol. The lowest BCUT2D eigenvalue weighted by Crippen LogP contribution is -2.14. The number of anilines is 2. The van der Waals surface area contributed by atoms with E-state index in [1.54, 1.807) is 36.4 Å². The molecule has 1 saturated carbocycles. The van der Waals surface area contributed by atoms with E-state index in [0.717, 1.165) is 25.0 Å². The number of rotatable bonds is 7. The number of alkyl halides is 3. The van der Waals surface area contributed by atoms with Crippen LogP contribution in [0, 0.1) is 5.92 Å². The predicted molar refractivity (Wildman–Crippen MR) is 126 cm³/mol. The molecule has 2 amide bonds. The number of pyridine rings is 1. The fourth-order valence-corrected chi connectivity index (χ4v) is 3.34. The molecule has 0 aliphatic heterocycles. The molecule has 3 aromatic rings. The van der Waals surface area contributed by atoms with Crippen LogP contribution >= 0.6 is 11.6 Å². The highest BCUT2D eigenvalue weighted by Crippen LogP contribution is 2.36. The van der Waals surface area contributed by atoms with Gasteiger partial charge in [0.05, 0.1) is 10.6 Å². The second-order valence-corrected chi connectivity index (χ2v) is 8.24. The first-order chi connectivity index (χ1) is 16.7. The van der Waals surface area contributed by atoms with Crippen LogP contribution < -0.4 is 15.4 Å². The van der Waals surface area contributed by atoms with E-state index in [9.17, 15) is 22.8 Å². The van der Waals surface area contributed by atoms with Crippen molar-refractivity contribution in [2.45, 2.75) is 19.0 Å². The SMILES string of the molecule is O=C(C=Cc1cccc(Oc2ccnc(NC(=O)C3CC3)c2)c1)Nc1ccc(Cl)c(C(F)(F)F)c1. The summed E-state index contributed by atoms with van der Waals surface area (Å²) in [6, 6.07) is 13.2. The van der Waals surface area contributed by atoms with E-state index in [2.05, 4.69) is 15.6 Å². The van der Waals surface area contributed by atoms with Crippen LogP contribution in [0.5, 0.6) is 11.5 Å². The molecule has 0 atom stereocenters. The molecule has 1 aliphatic carbocycles. The lowest BCUT2D eigenvalue weighted by molar-refractivity contribution is -0.137. The smallest absolute Gasteiger partial charge is 0.417 e. The van der Waals surface area contributed by atoms with E-state index in [1.807, 2.05) is 0 Å². The molecule has 1 fully saturated rings. The third kappa shape index (κ3) is 6.83. The molecule has 0 unspecified atom stereocenters. The minimum absolute atomic E-state index is 0.0317. The number of benzene rings is 2. The number of carbonyl (C=O) groups excluding carboxylic acids is 2. The molecular formula is C25H19ClF3N3O3.